The molecule has 0 aromatic heterocycles. The van der Waals surface area contributed by atoms with Crippen LogP contribution in [0, 0.1) is 13.8 Å². The average molecular weight is 351 g/mol. The van der Waals surface area contributed by atoms with Gasteiger partial charge in [-0.1, -0.05) is 22.0 Å². The van der Waals surface area contributed by atoms with Gasteiger partial charge in [-0.25, -0.2) is 0 Å². The summed E-state index contributed by atoms with van der Waals surface area (Å²) in [5.41, 5.74) is -6.20. The number of hydrogen-bond donors (Lipinski definition) is 1. The highest BCUT2D eigenvalue weighted by atomic mass is 79.9. The molecule has 0 atom stereocenters. The Labute approximate surface area is 113 Å². The van der Waals surface area contributed by atoms with E-state index in [9.17, 15) is 31.4 Å². The SMILES string of the molecule is Cc1ccc(Br)c(C(O)(C(F)(F)F)C(F)(F)F)c1C. The van der Waals surface area contributed by atoms with Crippen molar-refractivity contribution in [3.8, 4) is 0 Å². The number of hydrogen-bond acceptors (Lipinski definition) is 1. The van der Waals surface area contributed by atoms with Crippen LogP contribution in [-0.4, -0.2) is 17.5 Å². The van der Waals surface area contributed by atoms with Crippen LogP contribution in [0.2, 0.25) is 0 Å². The predicted octanol–water partition coefficient (Wildman–Crippen LogP) is 4.38. The van der Waals surface area contributed by atoms with E-state index in [1.165, 1.54) is 13.0 Å². The second-order valence-corrected chi connectivity index (χ2v) is 4.92. The van der Waals surface area contributed by atoms with Crippen molar-refractivity contribution in [1.29, 1.82) is 0 Å². The highest BCUT2D eigenvalue weighted by Gasteiger charge is 2.72. The van der Waals surface area contributed by atoms with Gasteiger partial charge in [0.15, 0.2) is 0 Å². The quantitative estimate of drug-likeness (QED) is 0.745. The molecule has 1 nitrogen and oxygen atoms in total. The van der Waals surface area contributed by atoms with E-state index in [-0.39, 0.29) is 11.1 Å². The van der Waals surface area contributed by atoms with Crippen molar-refractivity contribution in [2.75, 3.05) is 0 Å². The molecule has 0 spiro atoms. The third-order valence-corrected chi connectivity index (χ3v) is 3.53. The molecule has 19 heavy (non-hydrogen) atoms. The molecule has 0 radical (unpaired) electrons. The first-order chi connectivity index (χ1) is 8.34. The van der Waals surface area contributed by atoms with Crippen molar-refractivity contribution in [3.05, 3.63) is 33.3 Å². The summed E-state index contributed by atoms with van der Waals surface area (Å²) in [6.07, 6.45) is -11.8. The number of alkyl halides is 6. The fourth-order valence-corrected chi connectivity index (χ4v) is 2.39. The van der Waals surface area contributed by atoms with Crippen molar-refractivity contribution in [3.63, 3.8) is 0 Å². The van der Waals surface area contributed by atoms with Crippen molar-refractivity contribution in [1.82, 2.24) is 0 Å². The molecular weight excluding hydrogens is 342 g/mol. The summed E-state index contributed by atoms with van der Waals surface area (Å²) in [4.78, 5) is 0. The molecule has 0 amide bonds. The van der Waals surface area contributed by atoms with E-state index in [0.29, 0.717) is 0 Å². The molecule has 1 aromatic carbocycles. The van der Waals surface area contributed by atoms with Gasteiger partial charge >= 0.3 is 12.4 Å². The molecule has 0 unspecified atom stereocenters. The van der Waals surface area contributed by atoms with Crippen molar-refractivity contribution in [2.45, 2.75) is 31.8 Å². The van der Waals surface area contributed by atoms with Gasteiger partial charge in [0.2, 0.25) is 0 Å². The summed E-state index contributed by atoms with van der Waals surface area (Å²) in [5.74, 6) is 0. The fourth-order valence-electron chi connectivity index (χ4n) is 1.67. The average Bonchev–Trinajstić information content (AvgIpc) is 2.20. The van der Waals surface area contributed by atoms with Crippen LogP contribution < -0.4 is 0 Å². The molecule has 1 N–H and O–H groups in total. The Morgan fingerprint density at radius 1 is 0.947 bits per heavy atom. The van der Waals surface area contributed by atoms with Crippen LogP contribution in [0.5, 0.6) is 0 Å². The molecule has 0 aliphatic rings. The van der Waals surface area contributed by atoms with Gasteiger partial charge in [0.25, 0.3) is 5.60 Å². The summed E-state index contributed by atoms with van der Waals surface area (Å²) in [5, 5.41) is 9.36. The van der Waals surface area contributed by atoms with Gasteiger partial charge in [-0.2, -0.15) is 26.3 Å². The summed E-state index contributed by atoms with van der Waals surface area (Å²) >= 11 is 2.64. The number of rotatable bonds is 1. The van der Waals surface area contributed by atoms with Gasteiger partial charge in [0.1, 0.15) is 0 Å². The molecule has 0 fully saturated rings. The zero-order chi connectivity index (χ0) is 15.2. The number of aryl methyl sites for hydroxylation is 1. The van der Waals surface area contributed by atoms with Crippen LogP contribution in [0.4, 0.5) is 26.3 Å². The van der Waals surface area contributed by atoms with E-state index in [2.05, 4.69) is 15.9 Å². The van der Waals surface area contributed by atoms with Crippen LogP contribution in [0.3, 0.4) is 0 Å². The molecule has 1 rings (SSSR count). The van der Waals surface area contributed by atoms with E-state index in [4.69, 9.17) is 0 Å². The Morgan fingerprint density at radius 2 is 1.37 bits per heavy atom. The van der Waals surface area contributed by atoms with Gasteiger partial charge < -0.3 is 5.11 Å². The Morgan fingerprint density at radius 3 is 1.74 bits per heavy atom. The monoisotopic (exact) mass is 350 g/mol. The molecule has 0 bridgehead atoms. The van der Waals surface area contributed by atoms with Gasteiger partial charge in [0.05, 0.1) is 0 Å². The topological polar surface area (TPSA) is 20.2 Å². The van der Waals surface area contributed by atoms with E-state index >= 15 is 0 Å². The minimum absolute atomic E-state index is 0.213. The summed E-state index contributed by atoms with van der Waals surface area (Å²) in [6, 6.07) is 2.40. The molecule has 0 aliphatic heterocycles. The number of aliphatic hydroxyl groups is 1. The molecule has 0 saturated heterocycles. The molecule has 0 aliphatic carbocycles. The van der Waals surface area contributed by atoms with Gasteiger partial charge in [-0.3, -0.25) is 0 Å². The van der Waals surface area contributed by atoms with Gasteiger partial charge in [-0.05, 0) is 31.0 Å². The van der Waals surface area contributed by atoms with E-state index in [1.807, 2.05) is 0 Å². The maximum atomic E-state index is 12.8. The summed E-state index contributed by atoms with van der Waals surface area (Å²) < 4.78 is 76.3. The van der Waals surface area contributed by atoms with Crippen molar-refractivity contribution >= 4 is 15.9 Å². The molecule has 0 saturated carbocycles. The largest absolute Gasteiger partial charge is 0.430 e. The smallest absolute Gasteiger partial charge is 0.369 e. The highest BCUT2D eigenvalue weighted by molar-refractivity contribution is 9.10. The zero-order valence-electron chi connectivity index (χ0n) is 9.75. The first-order valence-electron chi connectivity index (χ1n) is 4.96. The van der Waals surface area contributed by atoms with E-state index in [1.54, 1.807) is 0 Å². The number of halogens is 7. The Bertz CT molecular complexity index is 477. The lowest BCUT2D eigenvalue weighted by Crippen LogP contribution is -2.54. The second-order valence-electron chi connectivity index (χ2n) is 4.07. The molecule has 8 heteroatoms. The molecular formula is C11H9BrF6O. The predicted molar refractivity (Wildman–Crippen MR) is 59.6 cm³/mol. The first-order valence-corrected chi connectivity index (χ1v) is 5.75. The van der Waals surface area contributed by atoms with Crippen LogP contribution in [0.15, 0.2) is 16.6 Å². The Hall–Kier alpha value is -0.760. The lowest BCUT2D eigenvalue weighted by molar-refractivity contribution is -0.376. The fraction of sp³-hybridized carbons (Fsp3) is 0.455. The third kappa shape index (κ3) is 2.47. The third-order valence-electron chi connectivity index (χ3n) is 2.87. The Kier molecular flexibility index (Phi) is 4.00. The first kappa shape index (κ1) is 16.3. The minimum Gasteiger partial charge on any atom is -0.369 e. The maximum Gasteiger partial charge on any atom is 0.430 e. The van der Waals surface area contributed by atoms with Gasteiger partial charge in [-0.15, -0.1) is 0 Å². The molecule has 108 valence electrons. The normalized spacial score (nSPS) is 13.8. The zero-order valence-corrected chi connectivity index (χ0v) is 11.3. The highest BCUT2D eigenvalue weighted by Crippen LogP contribution is 2.52. The van der Waals surface area contributed by atoms with E-state index in [0.717, 1.165) is 13.0 Å². The second kappa shape index (κ2) is 4.66. The van der Waals surface area contributed by atoms with Crippen LogP contribution in [-0.2, 0) is 5.60 Å². The van der Waals surface area contributed by atoms with Gasteiger partial charge in [0, 0.05) is 10.0 Å². The summed E-state index contributed by atoms with van der Waals surface area (Å²) in [7, 11) is 0. The van der Waals surface area contributed by atoms with E-state index < -0.39 is 28.0 Å². The Balaban J connectivity index is 3.76. The van der Waals surface area contributed by atoms with Crippen LogP contribution in [0.1, 0.15) is 16.7 Å². The number of benzene rings is 1. The standard InChI is InChI=1S/C11H9BrF6O/c1-5-3-4-7(12)8(6(5)2)9(19,10(13,14)15)11(16,17)18/h3-4,19H,1-2H3. The molecule has 0 heterocycles. The van der Waals surface area contributed by atoms with Crippen LogP contribution in [0.25, 0.3) is 0 Å². The van der Waals surface area contributed by atoms with Crippen molar-refractivity contribution < 1.29 is 31.4 Å². The van der Waals surface area contributed by atoms with Crippen molar-refractivity contribution in [2.24, 2.45) is 0 Å². The maximum absolute atomic E-state index is 12.8. The summed E-state index contributed by atoms with van der Waals surface area (Å²) in [6.45, 7) is 2.45. The minimum atomic E-state index is -5.88. The van der Waals surface area contributed by atoms with Crippen LogP contribution >= 0.6 is 15.9 Å². The lowest BCUT2D eigenvalue weighted by Gasteiger charge is -2.34. The lowest BCUT2D eigenvalue weighted by atomic mass is 9.87. The molecule has 1 aromatic rings.